The Kier molecular flexibility index (Phi) is 6.40. The topological polar surface area (TPSA) is 29.5 Å². The van der Waals surface area contributed by atoms with Gasteiger partial charge in [-0.2, -0.15) is 0 Å². The molecule has 0 atom stereocenters. The minimum Gasteiger partial charge on any atom is -0.484 e. The van der Waals surface area contributed by atoms with Gasteiger partial charge in [0.15, 0.2) is 6.61 Å². The summed E-state index contributed by atoms with van der Waals surface area (Å²) in [5.74, 6) is 0.839. The van der Waals surface area contributed by atoms with E-state index in [4.69, 9.17) is 4.74 Å². The van der Waals surface area contributed by atoms with Crippen molar-refractivity contribution < 1.29 is 9.53 Å². The molecule has 0 aliphatic heterocycles. The summed E-state index contributed by atoms with van der Waals surface area (Å²) >= 11 is 0. The van der Waals surface area contributed by atoms with E-state index in [1.165, 1.54) is 11.1 Å². The molecule has 0 radical (unpaired) electrons. The fourth-order valence-electron chi connectivity index (χ4n) is 1.94. The van der Waals surface area contributed by atoms with Crippen molar-refractivity contribution in [1.29, 1.82) is 0 Å². The molecule has 0 N–H and O–H groups in total. The third-order valence-corrected chi connectivity index (χ3v) is 3.18. The largest absolute Gasteiger partial charge is 0.484 e. The average Bonchev–Trinajstić information content (AvgIpc) is 2.39. The summed E-state index contributed by atoms with van der Waals surface area (Å²) in [5.41, 5.74) is 2.42. The van der Waals surface area contributed by atoms with Gasteiger partial charge < -0.3 is 9.64 Å². The first-order chi connectivity index (χ1) is 9.08. The van der Waals surface area contributed by atoms with Crippen molar-refractivity contribution in [3.63, 3.8) is 0 Å². The Morgan fingerprint density at radius 1 is 1.11 bits per heavy atom. The van der Waals surface area contributed by atoms with E-state index >= 15 is 0 Å². The maximum atomic E-state index is 12.0. The highest BCUT2D eigenvalue weighted by Crippen LogP contribution is 2.16. The molecule has 0 fully saturated rings. The molecule has 1 aromatic rings. The number of benzene rings is 1. The van der Waals surface area contributed by atoms with E-state index in [1.807, 2.05) is 30.0 Å². The van der Waals surface area contributed by atoms with E-state index in [2.05, 4.69) is 20.8 Å². The monoisotopic (exact) mass is 263 g/mol. The molecule has 3 nitrogen and oxygen atoms in total. The summed E-state index contributed by atoms with van der Waals surface area (Å²) in [5, 5.41) is 0. The molecule has 0 saturated carbocycles. The van der Waals surface area contributed by atoms with Gasteiger partial charge in [-0.05, 0) is 49.9 Å². The average molecular weight is 263 g/mol. The molecular formula is C16H25NO2. The highest BCUT2D eigenvalue weighted by Gasteiger charge is 2.12. The van der Waals surface area contributed by atoms with Crippen molar-refractivity contribution in [3.8, 4) is 5.75 Å². The molecular weight excluding hydrogens is 238 g/mol. The van der Waals surface area contributed by atoms with Crippen LogP contribution in [-0.2, 0) is 4.79 Å². The van der Waals surface area contributed by atoms with Gasteiger partial charge in [-0.15, -0.1) is 0 Å². The van der Waals surface area contributed by atoms with Gasteiger partial charge in [0.25, 0.3) is 5.91 Å². The standard InChI is InChI=1S/C16H25NO2/c1-5-9-17(10-6-2)16(18)12-19-15-8-7-13(3)14(4)11-15/h7-8,11H,5-6,9-10,12H2,1-4H3. The molecule has 1 amide bonds. The van der Waals surface area contributed by atoms with E-state index < -0.39 is 0 Å². The van der Waals surface area contributed by atoms with Crippen LogP contribution in [0, 0.1) is 13.8 Å². The Bertz CT molecular complexity index is 409. The van der Waals surface area contributed by atoms with Gasteiger partial charge in [0.1, 0.15) is 5.75 Å². The zero-order valence-corrected chi connectivity index (χ0v) is 12.5. The predicted octanol–water partition coefficient (Wildman–Crippen LogP) is 3.33. The number of nitrogens with zero attached hydrogens (tertiary/aromatic N) is 1. The minimum absolute atomic E-state index is 0.0712. The quantitative estimate of drug-likeness (QED) is 0.755. The molecule has 0 spiro atoms. The zero-order chi connectivity index (χ0) is 14.3. The summed E-state index contributed by atoms with van der Waals surface area (Å²) in [6, 6.07) is 5.91. The molecule has 3 heteroatoms. The summed E-state index contributed by atoms with van der Waals surface area (Å²) in [4.78, 5) is 13.9. The van der Waals surface area contributed by atoms with Crippen molar-refractivity contribution in [2.45, 2.75) is 40.5 Å². The molecule has 0 heterocycles. The summed E-state index contributed by atoms with van der Waals surface area (Å²) in [6.07, 6.45) is 1.96. The molecule has 0 aliphatic carbocycles. The highest BCUT2D eigenvalue weighted by atomic mass is 16.5. The first kappa shape index (κ1) is 15.5. The van der Waals surface area contributed by atoms with E-state index in [-0.39, 0.29) is 12.5 Å². The third kappa shape index (κ3) is 4.93. The number of carbonyl (C=O) groups is 1. The number of hydrogen-bond donors (Lipinski definition) is 0. The number of carbonyl (C=O) groups excluding carboxylic acids is 1. The SMILES string of the molecule is CCCN(CCC)C(=O)COc1ccc(C)c(C)c1. The van der Waals surface area contributed by atoms with Gasteiger partial charge in [0, 0.05) is 13.1 Å². The highest BCUT2D eigenvalue weighted by molar-refractivity contribution is 5.77. The fraction of sp³-hybridized carbons (Fsp3) is 0.562. The smallest absolute Gasteiger partial charge is 0.260 e. The molecule has 0 bridgehead atoms. The predicted molar refractivity (Wildman–Crippen MR) is 78.6 cm³/mol. The van der Waals surface area contributed by atoms with Crippen LogP contribution in [0.2, 0.25) is 0 Å². The van der Waals surface area contributed by atoms with Gasteiger partial charge in [-0.3, -0.25) is 4.79 Å². The number of amides is 1. The maximum absolute atomic E-state index is 12.0. The van der Waals surface area contributed by atoms with Crippen LogP contribution in [0.1, 0.15) is 37.8 Å². The van der Waals surface area contributed by atoms with Gasteiger partial charge in [0.2, 0.25) is 0 Å². The molecule has 19 heavy (non-hydrogen) atoms. The molecule has 106 valence electrons. The molecule has 0 aromatic heterocycles. The van der Waals surface area contributed by atoms with Crippen LogP contribution < -0.4 is 4.74 Å². The fourth-order valence-corrected chi connectivity index (χ4v) is 1.94. The first-order valence-corrected chi connectivity index (χ1v) is 7.06. The molecule has 0 aliphatic rings. The summed E-state index contributed by atoms with van der Waals surface area (Å²) in [6.45, 7) is 10.0. The van der Waals surface area contributed by atoms with Crippen LogP contribution in [0.3, 0.4) is 0 Å². The van der Waals surface area contributed by atoms with Gasteiger partial charge in [-0.1, -0.05) is 19.9 Å². The van der Waals surface area contributed by atoms with Crippen molar-refractivity contribution in [2.75, 3.05) is 19.7 Å². The summed E-state index contributed by atoms with van der Waals surface area (Å²) in [7, 11) is 0. The van der Waals surface area contributed by atoms with Crippen LogP contribution in [0.25, 0.3) is 0 Å². The second-order valence-corrected chi connectivity index (χ2v) is 4.92. The lowest BCUT2D eigenvalue weighted by molar-refractivity contribution is -0.133. The second-order valence-electron chi connectivity index (χ2n) is 4.92. The first-order valence-electron chi connectivity index (χ1n) is 7.06. The Morgan fingerprint density at radius 3 is 2.26 bits per heavy atom. The lowest BCUT2D eigenvalue weighted by atomic mass is 10.1. The zero-order valence-electron chi connectivity index (χ0n) is 12.5. The van der Waals surface area contributed by atoms with Crippen molar-refractivity contribution in [2.24, 2.45) is 0 Å². The van der Waals surface area contributed by atoms with Crippen LogP contribution in [0.5, 0.6) is 5.75 Å². The van der Waals surface area contributed by atoms with Gasteiger partial charge in [0.05, 0.1) is 0 Å². The Hall–Kier alpha value is -1.51. The molecule has 1 rings (SSSR count). The van der Waals surface area contributed by atoms with E-state index in [9.17, 15) is 4.79 Å². The lowest BCUT2D eigenvalue weighted by Crippen LogP contribution is -2.36. The van der Waals surface area contributed by atoms with E-state index in [1.54, 1.807) is 0 Å². The molecule has 0 unspecified atom stereocenters. The Balaban J connectivity index is 2.54. The van der Waals surface area contributed by atoms with E-state index in [0.29, 0.717) is 0 Å². The van der Waals surface area contributed by atoms with Crippen LogP contribution in [0.4, 0.5) is 0 Å². The third-order valence-electron chi connectivity index (χ3n) is 3.18. The minimum atomic E-state index is 0.0712. The van der Waals surface area contributed by atoms with Crippen molar-refractivity contribution >= 4 is 5.91 Å². The Labute approximate surface area is 116 Å². The molecule has 0 saturated heterocycles. The van der Waals surface area contributed by atoms with Gasteiger partial charge >= 0.3 is 0 Å². The number of hydrogen-bond acceptors (Lipinski definition) is 2. The van der Waals surface area contributed by atoms with Gasteiger partial charge in [-0.25, -0.2) is 0 Å². The van der Waals surface area contributed by atoms with Crippen molar-refractivity contribution in [1.82, 2.24) is 4.90 Å². The van der Waals surface area contributed by atoms with Crippen molar-refractivity contribution in [3.05, 3.63) is 29.3 Å². The van der Waals surface area contributed by atoms with E-state index in [0.717, 1.165) is 31.7 Å². The summed E-state index contributed by atoms with van der Waals surface area (Å²) < 4.78 is 5.59. The lowest BCUT2D eigenvalue weighted by Gasteiger charge is -2.21. The van der Waals surface area contributed by atoms with Crippen LogP contribution in [-0.4, -0.2) is 30.5 Å². The van der Waals surface area contributed by atoms with Crippen LogP contribution in [0.15, 0.2) is 18.2 Å². The van der Waals surface area contributed by atoms with Crippen LogP contribution >= 0.6 is 0 Å². The second kappa shape index (κ2) is 7.82. The molecule has 1 aromatic carbocycles. The Morgan fingerprint density at radius 2 is 1.74 bits per heavy atom. The number of ether oxygens (including phenoxy) is 1. The number of aryl methyl sites for hydroxylation is 2. The maximum Gasteiger partial charge on any atom is 0.260 e. The normalized spacial score (nSPS) is 10.3. The number of rotatable bonds is 7.